The van der Waals surface area contributed by atoms with Crippen LogP contribution in [-0.2, 0) is 17.1 Å². The number of piperidine rings is 1. The molecule has 8 heteroatoms. The van der Waals surface area contributed by atoms with Gasteiger partial charge in [-0.2, -0.15) is 4.31 Å². The molecule has 2 heterocycles. The molecule has 0 bridgehead atoms. The van der Waals surface area contributed by atoms with Crippen molar-refractivity contribution < 1.29 is 17.9 Å². The predicted octanol–water partition coefficient (Wildman–Crippen LogP) is 1.06. The van der Waals surface area contributed by atoms with Crippen LogP contribution >= 0.6 is 0 Å². The summed E-state index contributed by atoms with van der Waals surface area (Å²) < 4.78 is 33.5. The molecule has 1 saturated heterocycles. The first-order valence-electron chi connectivity index (χ1n) is 8.13. The summed E-state index contributed by atoms with van der Waals surface area (Å²) in [5, 5.41) is 10.2. The van der Waals surface area contributed by atoms with E-state index in [4.69, 9.17) is 4.42 Å². The number of hydrogen-bond donors (Lipinski definition) is 1. The highest BCUT2D eigenvalue weighted by Crippen LogP contribution is 2.46. The fourth-order valence-electron chi connectivity index (χ4n) is 3.59. The molecule has 0 radical (unpaired) electrons. The highest BCUT2D eigenvalue weighted by Gasteiger charge is 2.48. The maximum atomic E-state index is 12.9. The van der Waals surface area contributed by atoms with Crippen molar-refractivity contribution >= 4 is 21.1 Å². The second-order valence-corrected chi connectivity index (χ2v) is 8.78. The lowest BCUT2D eigenvalue weighted by Crippen LogP contribution is -2.41. The topological polar surface area (TPSA) is 92.8 Å². The SMILES string of the molecule is Cn1c(=O)oc2ccc(S(=O)(=O)N3CCC(C4(O)CC4)CC3)cc21. The summed E-state index contributed by atoms with van der Waals surface area (Å²) in [5.41, 5.74) is 0.281. The number of nitrogens with zero attached hydrogens (tertiary/aromatic N) is 2. The zero-order valence-corrected chi connectivity index (χ0v) is 14.3. The highest BCUT2D eigenvalue weighted by molar-refractivity contribution is 7.89. The minimum atomic E-state index is -3.61. The lowest BCUT2D eigenvalue weighted by Gasteiger charge is -2.33. The van der Waals surface area contributed by atoms with Gasteiger partial charge < -0.3 is 9.52 Å². The fraction of sp³-hybridized carbons (Fsp3) is 0.562. The molecule has 1 aliphatic carbocycles. The van der Waals surface area contributed by atoms with Crippen LogP contribution in [-0.4, -0.2) is 41.1 Å². The van der Waals surface area contributed by atoms with Gasteiger partial charge in [-0.15, -0.1) is 0 Å². The smallest absolute Gasteiger partial charge is 0.408 e. The van der Waals surface area contributed by atoms with Crippen LogP contribution in [0.5, 0.6) is 0 Å². The molecule has 0 atom stereocenters. The Balaban J connectivity index is 1.61. The Labute approximate surface area is 139 Å². The maximum Gasteiger partial charge on any atom is 0.419 e. The van der Waals surface area contributed by atoms with Crippen LogP contribution in [0.15, 0.2) is 32.3 Å². The van der Waals surface area contributed by atoms with Crippen molar-refractivity contribution in [3.63, 3.8) is 0 Å². The average molecular weight is 352 g/mol. The molecule has 1 saturated carbocycles. The van der Waals surface area contributed by atoms with Gasteiger partial charge in [-0.05, 0) is 49.8 Å². The number of fused-ring (bicyclic) bond motifs is 1. The summed E-state index contributed by atoms with van der Waals surface area (Å²) in [6.45, 7) is 0.829. The number of aromatic nitrogens is 1. The largest absolute Gasteiger partial charge is 0.419 e. The Morgan fingerprint density at radius 3 is 2.54 bits per heavy atom. The summed E-state index contributed by atoms with van der Waals surface area (Å²) in [5.74, 6) is -0.320. The van der Waals surface area contributed by atoms with Gasteiger partial charge in [-0.3, -0.25) is 4.57 Å². The third-order valence-electron chi connectivity index (χ3n) is 5.38. The Kier molecular flexibility index (Phi) is 3.42. The molecule has 4 rings (SSSR count). The van der Waals surface area contributed by atoms with Crippen molar-refractivity contribution in [3.05, 3.63) is 28.7 Å². The van der Waals surface area contributed by atoms with Gasteiger partial charge in [-0.25, -0.2) is 13.2 Å². The van der Waals surface area contributed by atoms with E-state index in [2.05, 4.69) is 0 Å². The number of aryl methyl sites for hydroxylation is 1. The van der Waals surface area contributed by atoms with Crippen molar-refractivity contribution in [2.45, 2.75) is 36.2 Å². The van der Waals surface area contributed by atoms with Gasteiger partial charge in [0.1, 0.15) is 0 Å². The summed E-state index contributed by atoms with van der Waals surface area (Å²) in [7, 11) is -2.07. The predicted molar refractivity (Wildman–Crippen MR) is 87.1 cm³/mol. The number of hydrogen-bond acceptors (Lipinski definition) is 5. The molecule has 130 valence electrons. The Morgan fingerprint density at radius 1 is 1.25 bits per heavy atom. The molecule has 1 aromatic carbocycles. The van der Waals surface area contributed by atoms with Gasteiger partial charge in [-0.1, -0.05) is 0 Å². The Bertz CT molecular complexity index is 946. The van der Waals surface area contributed by atoms with Gasteiger partial charge >= 0.3 is 5.76 Å². The summed E-state index contributed by atoms with van der Waals surface area (Å²) in [4.78, 5) is 11.7. The molecule has 0 amide bonds. The van der Waals surface area contributed by atoms with Gasteiger partial charge in [0.05, 0.1) is 16.0 Å². The minimum Gasteiger partial charge on any atom is -0.408 e. The van der Waals surface area contributed by atoms with E-state index in [1.165, 1.54) is 27.1 Å². The first-order valence-corrected chi connectivity index (χ1v) is 9.57. The van der Waals surface area contributed by atoms with Crippen molar-refractivity contribution in [3.8, 4) is 0 Å². The monoisotopic (exact) mass is 352 g/mol. The lowest BCUT2D eigenvalue weighted by molar-refractivity contribution is 0.0534. The molecule has 2 fully saturated rings. The second-order valence-electron chi connectivity index (χ2n) is 6.84. The summed E-state index contributed by atoms with van der Waals surface area (Å²) in [6.07, 6.45) is 3.02. The fourth-order valence-corrected chi connectivity index (χ4v) is 5.08. The van der Waals surface area contributed by atoms with Crippen LogP contribution in [0, 0.1) is 5.92 Å². The highest BCUT2D eigenvalue weighted by atomic mass is 32.2. The number of sulfonamides is 1. The molecule has 1 aliphatic heterocycles. The molecule has 24 heavy (non-hydrogen) atoms. The van der Waals surface area contributed by atoms with E-state index in [1.54, 1.807) is 7.05 Å². The van der Waals surface area contributed by atoms with Gasteiger partial charge in [0.15, 0.2) is 5.58 Å². The minimum absolute atomic E-state index is 0.162. The van der Waals surface area contributed by atoms with E-state index in [9.17, 15) is 18.3 Å². The maximum absolute atomic E-state index is 12.9. The van der Waals surface area contributed by atoms with Gasteiger partial charge in [0, 0.05) is 20.1 Å². The van der Waals surface area contributed by atoms with E-state index in [0.29, 0.717) is 37.0 Å². The van der Waals surface area contributed by atoms with Crippen molar-refractivity contribution in [2.24, 2.45) is 13.0 Å². The van der Waals surface area contributed by atoms with Crippen LogP contribution in [0.25, 0.3) is 11.1 Å². The number of rotatable bonds is 3. The van der Waals surface area contributed by atoms with Crippen molar-refractivity contribution in [2.75, 3.05) is 13.1 Å². The zero-order valence-electron chi connectivity index (χ0n) is 13.4. The second kappa shape index (κ2) is 5.18. The number of oxazole rings is 1. The van der Waals surface area contributed by atoms with Crippen molar-refractivity contribution in [1.82, 2.24) is 8.87 Å². The van der Waals surface area contributed by atoms with Crippen LogP contribution in [0.4, 0.5) is 0 Å². The standard InChI is InChI=1S/C16H20N2O5S/c1-17-13-10-12(2-3-14(13)23-15(17)19)24(21,22)18-8-4-11(5-9-18)16(20)6-7-16/h2-3,10-11,20H,4-9H2,1H3. The normalized spacial score (nSPS) is 22.1. The van der Waals surface area contributed by atoms with E-state index >= 15 is 0 Å². The van der Waals surface area contributed by atoms with E-state index in [-0.39, 0.29) is 10.8 Å². The van der Waals surface area contributed by atoms with Crippen LogP contribution in [0.1, 0.15) is 25.7 Å². The molecule has 0 spiro atoms. The lowest BCUT2D eigenvalue weighted by atomic mass is 9.90. The molecule has 0 unspecified atom stereocenters. The molecular weight excluding hydrogens is 332 g/mol. The van der Waals surface area contributed by atoms with E-state index in [1.807, 2.05) is 0 Å². The third kappa shape index (κ3) is 2.40. The number of benzene rings is 1. The summed E-state index contributed by atoms with van der Waals surface area (Å²) >= 11 is 0. The van der Waals surface area contributed by atoms with Gasteiger partial charge in [0.25, 0.3) is 0 Å². The molecule has 1 aromatic heterocycles. The Morgan fingerprint density at radius 2 is 1.92 bits per heavy atom. The third-order valence-corrected chi connectivity index (χ3v) is 7.27. The molecule has 2 aliphatic rings. The zero-order chi connectivity index (χ0) is 17.1. The van der Waals surface area contributed by atoms with Gasteiger partial charge in [0.2, 0.25) is 10.0 Å². The average Bonchev–Trinajstić information content (AvgIpc) is 3.26. The summed E-state index contributed by atoms with van der Waals surface area (Å²) in [6, 6.07) is 4.47. The molecule has 1 N–H and O–H groups in total. The van der Waals surface area contributed by atoms with E-state index < -0.39 is 21.4 Å². The first kappa shape index (κ1) is 15.9. The van der Waals surface area contributed by atoms with Crippen LogP contribution < -0.4 is 5.76 Å². The van der Waals surface area contributed by atoms with E-state index in [0.717, 1.165) is 12.8 Å². The Hall–Kier alpha value is -1.64. The molecule has 2 aromatic rings. The quantitative estimate of drug-likeness (QED) is 0.891. The first-order chi connectivity index (χ1) is 11.3. The molecular formula is C16H20N2O5S. The number of aliphatic hydroxyl groups is 1. The molecule has 7 nitrogen and oxygen atoms in total. The van der Waals surface area contributed by atoms with Crippen molar-refractivity contribution in [1.29, 1.82) is 0 Å². The van der Waals surface area contributed by atoms with Crippen LogP contribution in [0.3, 0.4) is 0 Å². The van der Waals surface area contributed by atoms with Crippen LogP contribution in [0.2, 0.25) is 0 Å².